The third kappa shape index (κ3) is 8.53. The second-order valence-corrected chi connectivity index (χ2v) is 11.1. The first kappa shape index (κ1) is 27.5. The minimum absolute atomic E-state index is 0.0749. The summed E-state index contributed by atoms with van der Waals surface area (Å²) in [4.78, 5) is 28.9. The van der Waals surface area contributed by atoms with E-state index in [4.69, 9.17) is 0 Å². The van der Waals surface area contributed by atoms with Crippen LogP contribution in [0.25, 0.3) is 0 Å². The molecule has 2 aliphatic rings. The number of nitrogens with one attached hydrogen (secondary N) is 1. The SMILES string of the molecule is CC(=O)N(C)C1CCN(c2cccc(Br)c2)CC1.CC(=O)NC1CCN(c2cccc(Br)c2)CC1. The van der Waals surface area contributed by atoms with E-state index >= 15 is 0 Å². The van der Waals surface area contributed by atoms with Crippen molar-refractivity contribution in [3.63, 3.8) is 0 Å². The van der Waals surface area contributed by atoms with Crippen molar-refractivity contribution in [1.82, 2.24) is 10.2 Å². The second-order valence-electron chi connectivity index (χ2n) is 9.27. The summed E-state index contributed by atoms with van der Waals surface area (Å²) in [6, 6.07) is 17.5. The van der Waals surface area contributed by atoms with Crippen LogP contribution in [0.15, 0.2) is 57.5 Å². The zero-order valence-electron chi connectivity index (χ0n) is 20.8. The molecule has 6 nitrogen and oxygen atoms in total. The number of carbonyl (C=O) groups excluding carboxylic acids is 2. The van der Waals surface area contributed by atoms with Crippen LogP contribution in [0.2, 0.25) is 0 Å². The molecule has 2 heterocycles. The lowest BCUT2D eigenvalue weighted by atomic mass is 10.0. The minimum Gasteiger partial charge on any atom is -0.371 e. The molecule has 35 heavy (non-hydrogen) atoms. The fraction of sp³-hybridized carbons (Fsp3) is 0.481. The lowest BCUT2D eigenvalue weighted by Gasteiger charge is -2.37. The van der Waals surface area contributed by atoms with Crippen molar-refractivity contribution in [2.75, 3.05) is 43.0 Å². The Hall–Kier alpha value is -2.06. The molecule has 2 saturated heterocycles. The molecule has 2 aliphatic heterocycles. The molecule has 2 aromatic rings. The van der Waals surface area contributed by atoms with E-state index in [9.17, 15) is 9.59 Å². The van der Waals surface area contributed by atoms with Gasteiger partial charge in [0.1, 0.15) is 0 Å². The van der Waals surface area contributed by atoms with Crippen molar-refractivity contribution in [3.05, 3.63) is 57.5 Å². The van der Waals surface area contributed by atoms with Crippen LogP contribution >= 0.6 is 31.9 Å². The van der Waals surface area contributed by atoms with Crippen molar-refractivity contribution in [2.45, 2.75) is 51.6 Å². The van der Waals surface area contributed by atoms with Gasteiger partial charge in [-0.1, -0.05) is 44.0 Å². The third-order valence-electron chi connectivity index (χ3n) is 6.76. The fourth-order valence-corrected chi connectivity index (χ4v) is 5.46. The molecule has 0 radical (unpaired) electrons. The zero-order valence-corrected chi connectivity index (χ0v) is 24.0. The number of hydrogen-bond donors (Lipinski definition) is 1. The molecule has 8 heteroatoms. The Morgan fingerprint density at radius 3 is 1.69 bits per heavy atom. The van der Waals surface area contributed by atoms with E-state index in [1.807, 2.05) is 24.1 Å². The predicted octanol–water partition coefficient (Wildman–Crippen LogP) is 5.45. The highest BCUT2D eigenvalue weighted by Gasteiger charge is 2.24. The number of rotatable bonds is 4. The average Bonchev–Trinajstić information content (AvgIpc) is 2.84. The number of carbonyl (C=O) groups is 2. The van der Waals surface area contributed by atoms with Crippen LogP contribution in [0, 0.1) is 0 Å². The Kier molecular flexibility index (Phi) is 10.5. The summed E-state index contributed by atoms with van der Waals surface area (Å²) in [5.41, 5.74) is 2.51. The first-order chi connectivity index (χ1) is 16.7. The Balaban J connectivity index is 0.000000196. The van der Waals surface area contributed by atoms with Gasteiger partial charge < -0.3 is 20.0 Å². The molecule has 0 aromatic heterocycles. The smallest absolute Gasteiger partial charge is 0.219 e. The molecule has 1 N–H and O–H groups in total. The lowest BCUT2D eigenvalue weighted by Crippen LogP contribution is -2.45. The topological polar surface area (TPSA) is 55.9 Å². The number of benzene rings is 2. The fourth-order valence-electron chi connectivity index (χ4n) is 4.68. The number of halogens is 2. The largest absolute Gasteiger partial charge is 0.371 e. The second kappa shape index (κ2) is 13.3. The van der Waals surface area contributed by atoms with Crippen LogP contribution in [0.1, 0.15) is 39.5 Å². The summed E-state index contributed by atoms with van der Waals surface area (Å²) < 4.78 is 2.22. The van der Waals surface area contributed by atoms with Gasteiger partial charge in [0.25, 0.3) is 0 Å². The van der Waals surface area contributed by atoms with Crippen LogP contribution in [-0.4, -0.2) is 62.0 Å². The molecule has 0 atom stereocenters. The highest BCUT2D eigenvalue weighted by Crippen LogP contribution is 2.25. The van der Waals surface area contributed by atoms with Gasteiger partial charge in [0, 0.05) is 79.5 Å². The number of anilines is 2. The molecule has 190 valence electrons. The molecule has 2 fully saturated rings. The Labute approximate surface area is 226 Å². The van der Waals surface area contributed by atoms with Crippen LogP contribution < -0.4 is 15.1 Å². The number of nitrogens with zero attached hydrogens (tertiary/aromatic N) is 3. The molecule has 0 spiro atoms. The molecular formula is C27H36Br2N4O2. The average molecular weight is 608 g/mol. The molecule has 0 bridgehead atoms. The maximum Gasteiger partial charge on any atom is 0.219 e. The zero-order chi connectivity index (χ0) is 25.4. The summed E-state index contributed by atoms with van der Waals surface area (Å²) in [5, 5.41) is 2.99. The van der Waals surface area contributed by atoms with Crippen molar-refractivity contribution in [2.24, 2.45) is 0 Å². The summed E-state index contributed by atoms with van der Waals surface area (Å²) in [6.45, 7) is 7.25. The van der Waals surface area contributed by atoms with Gasteiger partial charge in [-0.3, -0.25) is 9.59 Å². The Morgan fingerprint density at radius 2 is 1.29 bits per heavy atom. The van der Waals surface area contributed by atoms with Gasteiger partial charge in [0.05, 0.1) is 0 Å². The summed E-state index contributed by atoms with van der Waals surface area (Å²) in [7, 11) is 1.90. The van der Waals surface area contributed by atoms with Gasteiger partial charge in [0.15, 0.2) is 0 Å². The van der Waals surface area contributed by atoms with E-state index in [0.29, 0.717) is 12.1 Å². The standard InChI is InChI=1S/C14H19BrN2O.C13H17BrN2O/c1-11(18)16(2)13-6-8-17(9-7-13)14-5-3-4-12(15)10-14;1-10(17)15-12-5-7-16(8-6-12)13-4-2-3-11(14)9-13/h3-5,10,13H,6-9H2,1-2H3;2-4,9,12H,5-8H2,1H3,(H,15,17). The molecule has 0 saturated carbocycles. The van der Waals surface area contributed by atoms with Crippen molar-refractivity contribution in [3.8, 4) is 0 Å². The van der Waals surface area contributed by atoms with Gasteiger partial charge in [-0.15, -0.1) is 0 Å². The van der Waals surface area contributed by atoms with Gasteiger partial charge in [-0.05, 0) is 62.1 Å². The predicted molar refractivity (Wildman–Crippen MR) is 151 cm³/mol. The van der Waals surface area contributed by atoms with Crippen molar-refractivity contribution >= 4 is 55.0 Å². The normalized spacial score (nSPS) is 16.8. The molecule has 0 unspecified atom stereocenters. The van der Waals surface area contributed by atoms with Gasteiger partial charge in [-0.2, -0.15) is 0 Å². The Morgan fingerprint density at radius 1 is 0.829 bits per heavy atom. The van der Waals surface area contributed by atoms with Crippen LogP contribution in [0.5, 0.6) is 0 Å². The summed E-state index contributed by atoms with van der Waals surface area (Å²) in [6.07, 6.45) is 4.13. The van der Waals surface area contributed by atoms with E-state index in [0.717, 1.165) is 60.8 Å². The van der Waals surface area contributed by atoms with Crippen LogP contribution in [0.4, 0.5) is 11.4 Å². The molecule has 2 aromatic carbocycles. The maximum atomic E-state index is 11.3. The summed E-state index contributed by atoms with van der Waals surface area (Å²) >= 11 is 6.99. The van der Waals surface area contributed by atoms with Gasteiger partial charge in [0.2, 0.25) is 11.8 Å². The van der Waals surface area contributed by atoms with Crippen molar-refractivity contribution < 1.29 is 9.59 Å². The minimum atomic E-state index is 0.0749. The van der Waals surface area contributed by atoms with Crippen LogP contribution in [-0.2, 0) is 9.59 Å². The van der Waals surface area contributed by atoms with Crippen LogP contribution in [0.3, 0.4) is 0 Å². The summed E-state index contributed by atoms with van der Waals surface area (Å²) in [5.74, 6) is 0.238. The van der Waals surface area contributed by atoms with E-state index < -0.39 is 0 Å². The van der Waals surface area contributed by atoms with Crippen molar-refractivity contribution in [1.29, 1.82) is 0 Å². The molecule has 0 aliphatic carbocycles. The lowest BCUT2D eigenvalue weighted by molar-refractivity contribution is -0.130. The van der Waals surface area contributed by atoms with Gasteiger partial charge in [-0.25, -0.2) is 0 Å². The highest BCUT2D eigenvalue weighted by molar-refractivity contribution is 9.10. The van der Waals surface area contributed by atoms with E-state index in [-0.39, 0.29) is 11.8 Å². The third-order valence-corrected chi connectivity index (χ3v) is 7.74. The number of hydrogen-bond acceptors (Lipinski definition) is 4. The molecule has 4 rings (SSSR count). The van der Waals surface area contributed by atoms with E-state index in [1.54, 1.807) is 13.8 Å². The highest BCUT2D eigenvalue weighted by atomic mass is 79.9. The maximum absolute atomic E-state index is 11.3. The van der Waals surface area contributed by atoms with Gasteiger partial charge >= 0.3 is 0 Å². The monoisotopic (exact) mass is 606 g/mol. The van der Waals surface area contributed by atoms with E-state index in [2.05, 4.69) is 83.4 Å². The number of piperidine rings is 2. The molecular weight excluding hydrogens is 572 g/mol. The molecule has 2 amide bonds. The first-order valence-corrected chi connectivity index (χ1v) is 13.8. The quantitative estimate of drug-likeness (QED) is 0.502. The Bertz CT molecular complexity index is 987. The van der Waals surface area contributed by atoms with E-state index in [1.165, 1.54) is 11.4 Å². The number of amides is 2. The first-order valence-electron chi connectivity index (χ1n) is 12.2.